The van der Waals surface area contributed by atoms with Gasteiger partial charge in [-0.05, 0) is 57.2 Å². The highest BCUT2D eigenvalue weighted by Crippen LogP contribution is 2.25. The maximum atomic E-state index is 12.1. The number of carbonyl (C=O) groups is 2. The highest BCUT2D eigenvalue weighted by Gasteiger charge is 2.22. The maximum Gasteiger partial charge on any atom is 0.319 e. The molecule has 2 amide bonds. The number of amides is 2. The van der Waals surface area contributed by atoms with E-state index in [9.17, 15) is 9.59 Å². The summed E-state index contributed by atoms with van der Waals surface area (Å²) in [5, 5.41) is 10.1. The molecule has 0 atom stereocenters. The van der Waals surface area contributed by atoms with Gasteiger partial charge in [-0.3, -0.25) is 4.79 Å². The van der Waals surface area contributed by atoms with Crippen LogP contribution in [0.2, 0.25) is 0 Å². The van der Waals surface area contributed by atoms with Gasteiger partial charge in [-0.25, -0.2) is 14.3 Å². The van der Waals surface area contributed by atoms with Crippen molar-refractivity contribution in [2.75, 3.05) is 49.7 Å². The fourth-order valence-corrected chi connectivity index (χ4v) is 3.45. The predicted octanol–water partition coefficient (Wildman–Crippen LogP) is 2.94. The molecule has 180 valence electrons. The summed E-state index contributed by atoms with van der Waals surface area (Å²) in [6.45, 7) is 8.60. The molecule has 0 spiro atoms. The van der Waals surface area contributed by atoms with Gasteiger partial charge < -0.3 is 25.0 Å². The third-order valence-corrected chi connectivity index (χ3v) is 5.32. The molecule has 4 rings (SSSR count). The van der Waals surface area contributed by atoms with E-state index < -0.39 is 5.41 Å². The topological polar surface area (TPSA) is 110 Å². The highest BCUT2D eigenvalue weighted by molar-refractivity contribution is 5.89. The third-order valence-electron chi connectivity index (χ3n) is 5.32. The van der Waals surface area contributed by atoms with Crippen LogP contribution < -0.4 is 15.5 Å². The summed E-state index contributed by atoms with van der Waals surface area (Å²) in [5.74, 6) is 1.18. The Morgan fingerprint density at radius 2 is 1.85 bits per heavy atom. The van der Waals surface area contributed by atoms with Gasteiger partial charge >= 0.3 is 12.0 Å². The lowest BCUT2D eigenvalue weighted by molar-refractivity contribution is -0.152. The Labute approximate surface area is 198 Å². The number of fused-ring (bicyclic) bond motifs is 1. The maximum absolute atomic E-state index is 12.1. The van der Waals surface area contributed by atoms with Gasteiger partial charge in [-0.2, -0.15) is 0 Å². The van der Waals surface area contributed by atoms with Gasteiger partial charge in [0.15, 0.2) is 11.6 Å². The van der Waals surface area contributed by atoms with Gasteiger partial charge in [-0.1, -0.05) is 0 Å². The van der Waals surface area contributed by atoms with Crippen LogP contribution in [-0.4, -0.2) is 66.1 Å². The van der Waals surface area contributed by atoms with E-state index in [1.165, 1.54) is 0 Å². The first-order chi connectivity index (χ1) is 16.3. The number of hydrogen-bond donors (Lipinski definition) is 2. The van der Waals surface area contributed by atoms with Crippen molar-refractivity contribution in [3.8, 4) is 11.4 Å². The van der Waals surface area contributed by atoms with Gasteiger partial charge in [0.1, 0.15) is 12.1 Å². The monoisotopic (exact) mass is 466 g/mol. The van der Waals surface area contributed by atoms with Crippen LogP contribution in [0.5, 0.6) is 0 Å². The Balaban J connectivity index is 1.38. The van der Waals surface area contributed by atoms with Gasteiger partial charge in [0.05, 0.1) is 25.2 Å². The molecule has 1 fully saturated rings. The van der Waals surface area contributed by atoms with Crippen molar-refractivity contribution >= 4 is 29.0 Å². The van der Waals surface area contributed by atoms with Crippen LogP contribution in [0.1, 0.15) is 20.8 Å². The van der Waals surface area contributed by atoms with E-state index in [0.29, 0.717) is 24.7 Å². The lowest BCUT2D eigenvalue weighted by Crippen LogP contribution is -2.37. The molecule has 1 aliphatic heterocycles. The van der Waals surface area contributed by atoms with Crippen molar-refractivity contribution in [2.45, 2.75) is 20.8 Å². The zero-order valence-corrected chi connectivity index (χ0v) is 19.7. The average Bonchev–Trinajstić information content (AvgIpc) is 3.30. The number of morpholine rings is 1. The molecule has 1 aromatic carbocycles. The van der Waals surface area contributed by atoms with Crippen molar-refractivity contribution in [3.63, 3.8) is 0 Å². The summed E-state index contributed by atoms with van der Waals surface area (Å²) in [4.78, 5) is 30.9. The fraction of sp³-hybridized carbons (Fsp3) is 0.417. The van der Waals surface area contributed by atoms with Crippen molar-refractivity contribution in [2.24, 2.45) is 5.41 Å². The lowest BCUT2D eigenvalue weighted by atomic mass is 9.97. The SMILES string of the molecule is CC(C)(C)C(=O)OCCNC(=O)Nc1ccc(-c2nc(N3CCOCC3)c3cccn3n2)cc1. The van der Waals surface area contributed by atoms with Crippen molar-refractivity contribution in [3.05, 3.63) is 42.6 Å². The minimum absolute atomic E-state index is 0.118. The number of anilines is 2. The number of hydrogen-bond acceptors (Lipinski definition) is 7. The number of rotatable bonds is 6. The van der Waals surface area contributed by atoms with Crippen molar-refractivity contribution < 1.29 is 19.1 Å². The van der Waals surface area contributed by atoms with E-state index in [4.69, 9.17) is 14.5 Å². The Hall–Kier alpha value is -3.66. The number of urea groups is 1. The predicted molar refractivity (Wildman–Crippen MR) is 129 cm³/mol. The number of ether oxygens (including phenoxy) is 2. The van der Waals surface area contributed by atoms with E-state index in [1.54, 1.807) is 32.9 Å². The quantitative estimate of drug-likeness (QED) is 0.425. The van der Waals surface area contributed by atoms with Crippen LogP contribution in [0.25, 0.3) is 16.9 Å². The molecular weight excluding hydrogens is 436 g/mol. The van der Waals surface area contributed by atoms with E-state index in [-0.39, 0.29) is 25.2 Å². The molecule has 0 bridgehead atoms. The second-order valence-corrected chi connectivity index (χ2v) is 9.04. The van der Waals surface area contributed by atoms with Crippen molar-refractivity contribution in [1.29, 1.82) is 0 Å². The molecule has 34 heavy (non-hydrogen) atoms. The van der Waals surface area contributed by atoms with Crippen LogP contribution in [0, 0.1) is 5.41 Å². The minimum Gasteiger partial charge on any atom is -0.463 e. The summed E-state index contributed by atoms with van der Waals surface area (Å²) in [6.07, 6.45) is 1.91. The molecule has 0 aliphatic carbocycles. The summed E-state index contributed by atoms with van der Waals surface area (Å²) in [6, 6.07) is 10.9. The van der Waals surface area contributed by atoms with Gasteiger partial charge in [0, 0.05) is 30.5 Å². The molecule has 10 nitrogen and oxygen atoms in total. The Kier molecular flexibility index (Phi) is 6.97. The number of esters is 1. The molecule has 10 heteroatoms. The molecule has 1 saturated heterocycles. The summed E-state index contributed by atoms with van der Waals surface area (Å²) in [5.41, 5.74) is 1.85. The number of aromatic nitrogens is 3. The van der Waals surface area contributed by atoms with Crippen LogP contribution in [0.15, 0.2) is 42.6 Å². The molecule has 2 N–H and O–H groups in total. The van der Waals surface area contributed by atoms with E-state index in [2.05, 4.69) is 20.6 Å². The lowest BCUT2D eigenvalue weighted by Gasteiger charge is -2.28. The standard InChI is InChI=1S/C24H30N6O4/c1-24(2,3)22(31)34-14-10-25-23(32)26-18-8-6-17(7-9-18)20-27-21(29-12-15-33-16-13-29)19-5-4-11-30(19)28-20/h4-9,11H,10,12-16H2,1-3H3,(H2,25,26,32). The van der Waals surface area contributed by atoms with E-state index in [1.807, 2.05) is 35.0 Å². The van der Waals surface area contributed by atoms with E-state index in [0.717, 1.165) is 30.0 Å². The number of carbonyl (C=O) groups excluding carboxylic acids is 2. The third kappa shape index (κ3) is 5.63. The first-order valence-corrected chi connectivity index (χ1v) is 11.3. The van der Waals surface area contributed by atoms with Gasteiger partial charge in [-0.15, -0.1) is 5.10 Å². The second-order valence-electron chi connectivity index (χ2n) is 9.04. The molecule has 0 saturated carbocycles. The van der Waals surface area contributed by atoms with Gasteiger partial charge in [0.2, 0.25) is 0 Å². The second kappa shape index (κ2) is 10.1. The summed E-state index contributed by atoms with van der Waals surface area (Å²) >= 11 is 0. The first kappa shape index (κ1) is 23.5. The zero-order chi connectivity index (χ0) is 24.1. The molecule has 0 radical (unpaired) electrons. The van der Waals surface area contributed by atoms with Gasteiger partial charge in [0.25, 0.3) is 0 Å². The van der Waals surface area contributed by atoms with Crippen LogP contribution >= 0.6 is 0 Å². The molecule has 2 aromatic heterocycles. The first-order valence-electron chi connectivity index (χ1n) is 11.3. The minimum atomic E-state index is -0.567. The Morgan fingerprint density at radius 3 is 2.56 bits per heavy atom. The molecule has 3 heterocycles. The Bertz CT molecular complexity index is 1150. The molecule has 3 aromatic rings. The largest absolute Gasteiger partial charge is 0.463 e. The normalized spacial score (nSPS) is 14.1. The van der Waals surface area contributed by atoms with Crippen LogP contribution in [0.4, 0.5) is 16.3 Å². The average molecular weight is 467 g/mol. The van der Waals surface area contributed by atoms with Crippen LogP contribution in [0.3, 0.4) is 0 Å². The highest BCUT2D eigenvalue weighted by atomic mass is 16.5. The Morgan fingerprint density at radius 1 is 1.12 bits per heavy atom. The number of benzene rings is 1. The van der Waals surface area contributed by atoms with E-state index >= 15 is 0 Å². The molecule has 0 unspecified atom stereocenters. The summed E-state index contributed by atoms with van der Waals surface area (Å²) < 4.78 is 12.5. The molecule has 1 aliphatic rings. The fourth-order valence-electron chi connectivity index (χ4n) is 3.45. The summed E-state index contributed by atoms with van der Waals surface area (Å²) in [7, 11) is 0. The zero-order valence-electron chi connectivity index (χ0n) is 19.7. The number of nitrogens with zero attached hydrogens (tertiary/aromatic N) is 4. The smallest absolute Gasteiger partial charge is 0.319 e. The van der Waals surface area contributed by atoms with Crippen molar-refractivity contribution in [1.82, 2.24) is 19.9 Å². The number of nitrogens with one attached hydrogen (secondary N) is 2. The van der Waals surface area contributed by atoms with Crippen LogP contribution in [-0.2, 0) is 14.3 Å². The molecular formula is C24H30N6O4.